The topological polar surface area (TPSA) is 117 Å². The highest BCUT2D eigenvalue weighted by Crippen LogP contribution is 2.20. The average Bonchev–Trinajstić information content (AvgIpc) is 3.33. The SMILES string of the molecule is Cc1ccc(OCCN(CCCCc2ccc3c(n2)NCCC3)CC[C@H](Nc2ccnn2C)C(=O)O)cn1. The van der Waals surface area contributed by atoms with Gasteiger partial charge in [-0.2, -0.15) is 5.10 Å². The molecule has 10 heteroatoms. The van der Waals surface area contributed by atoms with Crippen LogP contribution < -0.4 is 15.4 Å². The third kappa shape index (κ3) is 8.17. The molecule has 4 rings (SSSR count). The molecular formula is C28H39N7O3. The first-order valence-electron chi connectivity index (χ1n) is 13.5. The molecule has 0 fully saturated rings. The fraction of sp³-hybridized carbons (Fsp3) is 0.500. The van der Waals surface area contributed by atoms with Crippen LogP contribution in [0.4, 0.5) is 11.6 Å². The van der Waals surface area contributed by atoms with Gasteiger partial charge in [-0.15, -0.1) is 0 Å². The van der Waals surface area contributed by atoms with Gasteiger partial charge in [0.2, 0.25) is 0 Å². The van der Waals surface area contributed by atoms with Crippen molar-refractivity contribution in [3.8, 4) is 5.75 Å². The van der Waals surface area contributed by atoms with Crippen molar-refractivity contribution in [2.24, 2.45) is 7.05 Å². The van der Waals surface area contributed by atoms with E-state index in [1.807, 2.05) is 19.1 Å². The Morgan fingerprint density at radius 1 is 1.21 bits per heavy atom. The van der Waals surface area contributed by atoms with E-state index in [4.69, 9.17) is 9.72 Å². The Bertz CT molecular complexity index is 1170. The van der Waals surface area contributed by atoms with Crippen molar-refractivity contribution in [3.05, 3.63) is 59.7 Å². The van der Waals surface area contributed by atoms with Crippen molar-refractivity contribution >= 4 is 17.6 Å². The minimum Gasteiger partial charge on any atom is -0.491 e. The van der Waals surface area contributed by atoms with E-state index in [2.05, 4.69) is 37.7 Å². The molecule has 0 amide bonds. The first kappa shape index (κ1) is 27.4. The molecule has 0 bridgehead atoms. The Morgan fingerprint density at radius 2 is 2.11 bits per heavy atom. The summed E-state index contributed by atoms with van der Waals surface area (Å²) in [4.78, 5) is 23.3. The highest BCUT2D eigenvalue weighted by molar-refractivity contribution is 5.76. The molecule has 3 aromatic heterocycles. The van der Waals surface area contributed by atoms with Crippen LogP contribution in [0.2, 0.25) is 0 Å². The van der Waals surface area contributed by atoms with Crippen LogP contribution in [0, 0.1) is 6.92 Å². The summed E-state index contributed by atoms with van der Waals surface area (Å²) < 4.78 is 7.55. The number of hydrogen-bond donors (Lipinski definition) is 3. The van der Waals surface area contributed by atoms with Crippen molar-refractivity contribution in [2.75, 3.05) is 43.4 Å². The quantitative estimate of drug-likeness (QED) is 0.258. The maximum atomic E-state index is 11.9. The number of carbonyl (C=O) groups is 1. The second kappa shape index (κ2) is 13.8. The molecule has 3 N–H and O–H groups in total. The lowest BCUT2D eigenvalue weighted by atomic mass is 10.1. The van der Waals surface area contributed by atoms with Gasteiger partial charge in [0, 0.05) is 44.1 Å². The summed E-state index contributed by atoms with van der Waals surface area (Å²) in [6, 6.07) is 9.28. The molecule has 1 aliphatic rings. The van der Waals surface area contributed by atoms with Crippen LogP contribution in [0.1, 0.15) is 42.6 Å². The number of carboxylic acids is 1. The van der Waals surface area contributed by atoms with E-state index in [0.717, 1.165) is 68.1 Å². The number of aliphatic carboxylic acids is 1. The first-order chi connectivity index (χ1) is 18.5. The van der Waals surface area contributed by atoms with E-state index in [9.17, 15) is 9.90 Å². The number of unbranched alkanes of at least 4 members (excludes halogenated alkanes) is 1. The van der Waals surface area contributed by atoms with Crippen LogP contribution in [-0.2, 0) is 24.7 Å². The monoisotopic (exact) mass is 521 g/mol. The van der Waals surface area contributed by atoms with Gasteiger partial charge >= 0.3 is 5.97 Å². The number of ether oxygens (including phenoxy) is 1. The Kier molecular flexibility index (Phi) is 9.91. The second-order valence-electron chi connectivity index (χ2n) is 9.79. The van der Waals surface area contributed by atoms with E-state index >= 15 is 0 Å². The minimum absolute atomic E-state index is 0.463. The summed E-state index contributed by atoms with van der Waals surface area (Å²) in [6.07, 6.45) is 9.04. The molecule has 0 saturated heterocycles. The van der Waals surface area contributed by atoms with Crippen LogP contribution >= 0.6 is 0 Å². The third-order valence-corrected chi connectivity index (χ3v) is 6.84. The number of hydrogen-bond acceptors (Lipinski definition) is 8. The van der Waals surface area contributed by atoms with Gasteiger partial charge in [0.25, 0.3) is 0 Å². The van der Waals surface area contributed by atoms with Gasteiger partial charge in [-0.3, -0.25) is 14.6 Å². The Hall–Kier alpha value is -3.66. The summed E-state index contributed by atoms with van der Waals surface area (Å²) in [5, 5.41) is 20.4. The number of rotatable bonds is 15. The lowest BCUT2D eigenvalue weighted by Crippen LogP contribution is -2.37. The molecule has 0 radical (unpaired) electrons. The van der Waals surface area contributed by atoms with Crippen molar-refractivity contribution < 1.29 is 14.6 Å². The van der Waals surface area contributed by atoms with Gasteiger partial charge in [-0.05, 0) is 75.8 Å². The highest BCUT2D eigenvalue weighted by atomic mass is 16.5. The summed E-state index contributed by atoms with van der Waals surface area (Å²) in [6.45, 7) is 5.64. The Morgan fingerprint density at radius 3 is 2.87 bits per heavy atom. The van der Waals surface area contributed by atoms with Crippen LogP contribution in [-0.4, -0.2) is 74.6 Å². The zero-order valence-electron chi connectivity index (χ0n) is 22.4. The predicted molar refractivity (Wildman–Crippen MR) is 148 cm³/mol. The molecule has 1 atom stereocenters. The lowest BCUT2D eigenvalue weighted by Gasteiger charge is -2.25. The molecule has 0 saturated carbocycles. The second-order valence-corrected chi connectivity index (χ2v) is 9.79. The number of nitrogens with zero attached hydrogens (tertiary/aromatic N) is 5. The summed E-state index contributed by atoms with van der Waals surface area (Å²) >= 11 is 0. The molecule has 3 aromatic rings. The van der Waals surface area contributed by atoms with Crippen molar-refractivity contribution in [1.29, 1.82) is 0 Å². The molecule has 4 heterocycles. The predicted octanol–water partition coefficient (Wildman–Crippen LogP) is 3.54. The number of anilines is 2. The maximum absolute atomic E-state index is 11.9. The van der Waals surface area contributed by atoms with Gasteiger partial charge in [0.05, 0.1) is 12.4 Å². The van der Waals surface area contributed by atoms with Gasteiger partial charge in [-0.25, -0.2) is 9.78 Å². The van der Waals surface area contributed by atoms with E-state index in [1.165, 1.54) is 5.56 Å². The van der Waals surface area contributed by atoms with Crippen molar-refractivity contribution in [3.63, 3.8) is 0 Å². The minimum atomic E-state index is -0.875. The molecule has 0 aliphatic carbocycles. The third-order valence-electron chi connectivity index (χ3n) is 6.84. The molecule has 0 spiro atoms. The van der Waals surface area contributed by atoms with Crippen molar-refractivity contribution in [1.82, 2.24) is 24.6 Å². The van der Waals surface area contributed by atoms with Crippen LogP contribution in [0.25, 0.3) is 0 Å². The number of nitrogens with one attached hydrogen (secondary N) is 2. The molecule has 204 valence electrons. The van der Waals surface area contributed by atoms with Gasteiger partial charge in [0.1, 0.15) is 30.0 Å². The van der Waals surface area contributed by atoms with Gasteiger partial charge in [0.15, 0.2) is 0 Å². The van der Waals surface area contributed by atoms with Crippen LogP contribution in [0.3, 0.4) is 0 Å². The lowest BCUT2D eigenvalue weighted by molar-refractivity contribution is -0.138. The number of carboxylic acid groups (broad SMARTS) is 1. The molecule has 1 aliphatic heterocycles. The van der Waals surface area contributed by atoms with Gasteiger partial charge in [-0.1, -0.05) is 6.07 Å². The smallest absolute Gasteiger partial charge is 0.326 e. The Balaban J connectivity index is 1.29. The van der Waals surface area contributed by atoms with Crippen LogP contribution in [0.5, 0.6) is 5.75 Å². The van der Waals surface area contributed by atoms with E-state index in [-0.39, 0.29) is 0 Å². The van der Waals surface area contributed by atoms with E-state index in [0.29, 0.717) is 31.9 Å². The largest absolute Gasteiger partial charge is 0.491 e. The van der Waals surface area contributed by atoms with Crippen LogP contribution in [0.15, 0.2) is 42.7 Å². The normalized spacial score (nSPS) is 13.6. The molecular weight excluding hydrogens is 482 g/mol. The maximum Gasteiger partial charge on any atom is 0.326 e. The fourth-order valence-electron chi connectivity index (χ4n) is 4.58. The zero-order chi connectivity index (χ0) is 26.7. The van der Waals surface area contributed by atoms with E-state index in [1.54, 1.807) is 30.2 Å². The summed E-state index contributed by atoms with van der Waals surface area (Å²) in [7, 11) is 1.79. The number of fused-ring (bicyclic) bond motifs is 1. The standard InChI is InChI=1S/C28H39N7O3/c1-21-8-11-24(20-30-21)38-19-18-35(17-13-25(28(36)37)33-26-12-15-31-34(26)2)16-4-3-7-23-10-9-22-6-5-14-29-27(22)32-23/h8-12,15,20,25,33H,3-7,13-14,16-19H2,1-2H3,(H,29,32)(H,36,37)/t25-/m0/s1. The number of aromatic nitrogens is 4. The average molecular weight is 522 g/mol. The van der Waals surface area contributed by atoms with Crippen molar-refractivity contribution in [2.45, 2.75) is 51.5 Å². The molecule has 0 unspecified atom stereocenters. The highest BCUT2D eigenvalue weighted by Gasteiger charge is 2.20. The zero-order valence-corrected chi connectivity index (χ0v) is 22.4. The fourth-order valence-corrected chi connectivity index (χ4v) is 4.58. The summed E-state index contributed by atoms with van der Waals surface area (Å²) in [5.74, 6) is 1.59. The summed E-state index contributed by atoms with van der Waals surface area (Å²) in [5.41, 5.74) is 3.37. The Labute approximate surface area is 224 Å². The molecule has 0 aromatic carbocycles. The molecule has 38 heavy (non-hydrogen) atoms. The number of aryl methyl sites for hydroxylation is 4. The molecule has 10 nitrogen and oxygen atoms in total. The van der Waals surface area contributed by atoms with Gasteiger partial charge < -0.3 is 20.5 Å². The first-order valence-corrected chi connectivity index (χ1v) is 13.5. The van der Waals surface area contributed by atoms with E-state index < -0.39 is 12.0 Å². The number of pyridine rings is 2.